The van der Waals surface area contributed by atoms with E-state index in [4.69, 9.17) is 4.74 Å². The first-order chi connectivity index (χ1) is 13.9. The number of halogens is 3. The van der Waals surface area contributed by atoms with Crippen LogP contribution in [-0.4, -0.2) is 12.3 Å². The van der Waals surface area contributed by atoms with Gasteiger partial charge in [0, 0.05) is 0 Å². The molecule has 29 heavy (non-hydrogen) atoms. The number of fused-ring (bicyclic) bond motifs is 1. The van der Waals surface area contributed by atoms with Gasteiger partial charge in [0.05, 0.1) is 0 Å². The Morgan fingerprint density at radius 1 is 0.897 bits per heavy atom. The Bertz CT molecular complexity index is 667. The van der Waals surface area contributed by atoms with Gasteiger partial charge in [-0.1, -0.05) is 44.7 Å². The predicted octanol–water partition coefficient (Wildman–Crippen LogP) is 7.51. The van der Waals surface area contributed by atoms with Gasteiger partial charge >= 0.3 is 6.18 Å². The monoisotopic (exact) mass is 408 g/mol. The van der Waals surface area contributed by atoms with Crippen molar-refractivity contribution in [2.24, 2.45) is 23.7 Å². The highest BCUT2D eigenvalue weighted by Gasteiger charge is 2.43. The molecule has 1 heterocycles. The van der Waals surface area contributed by atoms with E-state index < -0.39 is 12.3 Å². The van der Waals surface area contributed by atoms with Gasteiger partial charge in [-0.3, -0.25) is 0 Å². The van der Waals surface area contributed by atoms with Gasteiger partial charge in [-0.25, -0.2) is 0 Å². The summed E-state index contributed by atoms with van der Waals surface area (Å²) < 4.78 is 43.8. The van der Waals surface area contributed by atoms with Crippen LogP contribution in [0.1, 0.15) is 82.3 Å². The molecule has 1 nitrogen and oxygen atoms in total. The molecule has 0 radical (unpaired) electrons. The molecule has 162 valence electrons. The Kier molecular flexibility index (Phi) is 6.46. The summed E-state index contributed by atoms with van der Waals surface area (Å²) in [5, 5.41) is 0. The second-order valence-corrected chi connectivity index (χ2v) is 9.97. The lowest BCUT2D eigenvalue weighted by molar-refractivity contribution is -0.199. The molecule has 0 amide bonds. The molecule has 3 aliphatic rings. The van der Waals surface area contributed by atoms with Crippen LogP contribution in [-0.2, 0) is 12.8 Å². The fraction of sp³-hybridized carbons (Fsp3) is 0.760. The summed E-state index contributed by atoms with van der Waals surface area (Å²) in [5.74, 6) is 4.11. The molecule has 4 rings (SSSR count). The first kappa shape index (κ1) is 21.1. The van der Waals surface area contributed by atoms with E-state index in [1.54, 1.807) is 6.07 Å². The average molecular weight is 409 g/mol. The maximum atomic E-state index is 12.9. The number of aryl methyl sites for hydroxylation is 2. The predicted molar refractivity (Wildman–Crippen MR) is 110 cm³/mol. The van der Waals surface area contributed by atoms with Crippen LogP contribution in [0.4, 0.5) is 13.2 Å². The minimum atomic E-state index is -4.27. The molecule has 0 saturated heterocycles. The summed E-state index contributed by atoms with van der Waals surface area (Å²) in [6.07, 6.45) is 8.08. The van der Waals surface area contributed by atoms with E-state index in [0.29, 0.717) is 12.2 Å². The Hall–Kier alpha value is -1.19. The molecular formula is C25H35F3O. The van der Waals surface area contributed by atoms with Crippen LogP contribution in [0.5, 0.6) is 5.75 Å². The zero-order valence-corrected chi connectivity index (χ0v) is 17.6. The van der Waals surface area contributed by atoms with Crippen molar-refractivity contribution < 1.29 is 17.9 Å². The molecule has 2 saturated carbocycles. The van der Waals surface area contributed by atoms with Gasteiger partial charge in [-0.15, -0.1) is 0 Å². The molecule has 4 heteroatoms. The van der Waals surface area contributed by atoms with Crippen LogP contribution in [0.25, 0.3) is 0 Å². The van der Waals surface area contributed by atoms with E-state index in [0.717, 1.165) is 35.7 Å². The number of hydrogen-bond acceptors (Lipinski definition) is 1. The topological polar surface area (TPSA) is 9.23 Å². The summed E-state index contributed by atoms with van der Waals surface area (Å²) in [6.45, 7) is 2.40. The third kappa shape index (κ3) is 5.30. The lowest BCUT2D eigenvalue weighted by atomic mass is 9.69. The van der Waals surface area contributed by atoms with Crippen LogP contribution in [0, 0.1) is 23.7 Å². The van der Waals surface area contributed by atoms with Gasteiger partial charge in [0.15, 0.2) is 6.10 Å². The second kappa shape index (κ2) is 8.89. The maximum Gasteiger partial charge on any atom is 0.425 e. The largest absolute Gasteiger partial charge is 0.481 e. The van der Waals surface area contributed by atoms with Gasteiger partial charge in [-0.05, 0) is 92.2 Å². The number of benzene rings is 1. The van der Waals surface area contributed by atoms with Crippen LogP contribution < -0.4 is 4.74 Å². The molecular weight excluding hydrogens is 373 g/mol. The highest BCUT2D eigenvalue weighted by atomic mass is 19.4. The molecule has 0 bridgehead atoms. The third-order valence-corrected chi connectivity index (χ3v) is 7.89. The Balaban J connectivity index is 1.23. The van der Waals surface area contributed by atoms with E-state index in [-0.39, 0.29) is 6.42 Å². The van der Waals surface area contributed by atoms with Gasteiger partial charge in [-0.2, -0.15) is 13.2 Å². The normalized spacial score (nSPS) is 33.0. The first-order valence-electron chi connectivity index (χ1n) is 11.7. The standard InChI is InChI=1S/C25H35F3O/c1-17-2-9-20(10-3-17)21-11-6-18(7-12-21)4-5-19-8-14-23-22(16-19)13-15-24(29-23)25(26,27)28/h8,14,16-18,20-21,24H,2-7,9-13,15H2,1H3. The van der Waals surface area contributed by atoms with Crippen LogP contribution in [0.2, 0.25) is 0 Å². The highest BCUT2D eigenvalue weighted by molar-refractivity contribution is 5.39. The van der Waals surface area contributed by atoms with Gasteiger partial charge in [0.25, 0.3) is 0 Å². The van der Waals surface area contributed by atoms with Crippen molar-refractivity contribution in [1.82, 2.24) is 0 Å². The molecule has 1 unspecified atom stereocenters. The fourth-order valence-electron chi connectivity index (χ4n) is 5.90. The summed E-state index contributed by atoms with van der Waals surface area (Å²) in [7, 11) is 0. The summed E-state index contributed by atoms with van der Waals surface area (Å²) in [6, 6.07) is 5.80. The number of alkyl halides is 3. The highest BCUT2D eigenvalue weighted by Crippen LogP contribution is 2.42. The molecule has 0 spiro atoms. The van der Waals surface area contributed by atoms with Crippen molar-refractivity contribution in [3.63, 3.8) is 0 Å². The van der Waals surface area contributed by atoms with E-state index in [2.05, 4.69) is 13.0 Å². The van der Waals surface area contributed by atoms with E-state index in [1.807, 2.05) is 6.07 Å². The summed E-state index contributed by atoms with van der Waals surface area (Å²) >= 11 is 0. The minimum Gasteiger partial charge on any atom is -0.481 e. The van der Waals surface area contributed by atoms with Crippen molar-refractivity contribution in [2.75, 3.05) is 0 Å². The van der Waals surface area contributed by atoms with Crippen LogP contribution in [0.15, 0.2) is 18.2 Å². The Morgan fingerprint density at radius 2 is 1.55 bits per heavy atom. The second-order valence-electron chi connectivity index (χ2n) is 9.97. The third-order valence-electron chi connectivity index (χ3n) is 7.89. The van der Waals surface area contributed by atoms with Crippen molar-refractivity contribution in [1.29, 1.82) is 0 Å². The van der Waals surface area contributed by atoms with Crippen molar-refractivity contribution in [2.45, 2.75) is 96.3 Å². The van der Waals surface area contributed by atoms with Gasteiger partial charge in [0.1, 0.15) is 5.75 Å². The molecule has 2 aliphatic carbocycles. The molecule has 0 N–H and O–H groups in total. The lowest BCUT2D eigenvalue weighted by Crippen LogP contribution is -2.37. The van der Waals surface area contributed by atoms with Crippen molar-refractivity contribution in [3.05, 3.63) is 29.3 Å². The molecule has 1 atom stereocenters. The van der Waals surface area contributed by atoms with Crippen LogP contribution in [0.3, 0.4) is 0 Å². The van der Waals surface area contributed by atoms with Crippen molar-refractivity contribution >= 4 is 0 Å². The number of rotatable bonds is 4. The molecule has 1 aromatic rings. The maximum absolute atomic E-state index is 12.9. The zero-order chi connectivity index (χ0) is 20.4. The minimum absolute atomic E-state index is 0.0317. The van der Waals surface area contributed by atoms with E-state index in [9.17, 15) is 13.2 Å². The quantitative estimate of drug-likeness (QED) is 0.501. The molecule has 1 aromatic carbocycles. The first-order valence-corrected chi connectivity index (χ1v) is 11.7. The Labute approximate surface area is 173 Å². The summed E-state index contributed by atoms with van der Waals surface area (Å²) in [4.78, 5) is 0. The van der Waals surface area contributed by atoms with Gasteiger partial charge in [0.2, 0.25) is 0 Å². The smallest absolute Gasteiger partial charge is 0.425 e. The fourth-order valence-corrected chi connectivity index (χ4v) is 5.90. The lowest BCUT2D eigenvalue weighted by Gasteiger charge is -2.37. The zero-order valence-electron chi connectivity index (χ0n) is 17.6. The molecule has 0 aromatic heterocycles. The van der Waals surface area contributed by atoms with Crippen molar-refractivity contribution in [3.8, 4) is 5.75 Å². The van der Waals surface area contributed by atoms with E-state index >= 15 is 0 Å². The van der Waals surface area contributed by atoms with E-state index in [1.165, 1.54) is 63.4 Å². The summed E-state index contributed by atoms with van der Waals surface area (Å²) in [5.41, 5.74) is 2.19. The Morgan fingerprint density at radius 3 is 2.21 bits per heavy atom. The number of ether oxygens (including phenoxy) is 1. The average Bonchev–Trinajstić information content (AvgIpc) is 2.72. The molecule has 1 aliphatic heterocycles. The SMILES string of the molecule is CC1CCC(C2CCC(CCc3ccc4c(c3)CCC(C(F)(F)F)O4)CC2)CC1. The van der Waals surface area contributed by atoms with Gasteiger partial charge < -0.3 is 4.74 Å². The number of hydrogen-bond donors (Lipinski definition) is 0. The molecule has 2 fully saturated rings. The van der Waals surface area contributed by atoms with Crippen LogP contribution >= 0.6 is 0 Å².